The Hall–Kier alpha value is -2.47. The standard InChI is InChI=1S/C14H12ClN3O3/c1-8-3-4-11(9(2)5-8)17-14(19)10-6-13(15)16-7-12(10)18(20)21/h3-7H,1-2H3,(H,17,19). The number of rotatable bonds is 3. The van der Waals surface area contributed by atoms with Gasteiger partial charge in [0.1, 0.15) is 16.9 Å². The quantitative estimate of drug-likeness (QED) is 0.534. The van der Waals surface area contributed by atoms with Gasteiger partial charge in [0.25, 0.3) is 11.6 Å². The lowest BCUT2D eigenvalue weighted by atomic mass is 10.1. The second-order valence-electron chi connectivity index (χ2n) is 4.55. The Bertz CT molecular complexity index is 731. The van der Waals surface area contributed by atoms with Gasteiger partial charge in [-0.25, -0.2) is 4.98 Å². The second kappa shape index (κ2) is 5.88. The summed E-state index contributed by atoms with van der Waals surface area (Å²) in [6.45, 7) is 3.78. The van der Waals surface area contributed by atoms with E-state index in [4.69, 9.17) is 11.6 Å². The van der Waals surface area contributed by atoms with Crippen molar-refractivity contribution in [3.05, 3.63) is 62.4 Å². The van der Waals surface area contributed by atoms with Gasteiger partial charge in [0.2, 0.25) is 0 Å². The maximum atomic E-state index is 12.2. The van der Waals surface area contributed by atoms with E-state index in [9.17, 15) is 14.9 Å². The minimum atomic E-state index is -0.666. The molecule has 108 valence electrons. The highest BCUT2D eigenvalue weighted by molar-refractivity contribution is 6.30. The summed E-state index contributed by atoms with van der Waals surface area (Å²) in [6, 6.07) is 6.68. The third kappa shape index (κ3) is 3.35. The lowest BCUT2D eigenvalue weighted by Crippen LogP contribution is -2.15. The minimum Gasteiger partial charge on any atom is -0.322 e. The number of nitrogens with one attached hydrogen (secondary N) is 1. The van der Waals surface area contributed by atoms with Gasteiger partial charge in [-0.1, -0.05) is 29.3 Å². The highest BCUT2D eigenvalue weighted by Gasteiger charge is 2.21. The van der Waals surface area contributed by atoms with E-state index < -0.39 is 10.8 Å². The lowest BCUT2D eigenvalue weighted by Gasteiger charge is -2.09. The lowest BCUT2D eigenvalue weighted by molar-refractivity contribution is -0.385. The number of amides is 1. The number of benzene rings is 1. The molecule has 0 aliphatic rings. The predicted molar refractivity (Wildman–Crippen MR) is 79.8 cm³/mol. The van der Waals surface area contributed by atoms with E-state index in [0.717, 1.165) is 17.3 Å². The number of aromatic nitrogens is 1. The van der Waals surface area contributed by atoms with Crippen molar-refractivity contribution in [2.45, 2.75) is 13.8 Å². The third-order valence-electron chi connectivity index (χ3n) is 2.92. The molecule has 0 atom stereocenters. The van der Waals surface area contributed by atoms with Gasteiger partial charge in [-0.2, -0.15) is 0 Å². The Kier molecular flexibility index (Phi) is 4.18. The van der Waals surface area contributed by atoms with Crippen LogP contribution in [0.2, 0.25) is 5.15 Å². The van der Waals surface area contributed by atoms with E-state index in [1.165, 1.54) is 6.07 Å². The molecule has 6 nitrogen and oxygen atoms in total. The number of pyridine rings is 1. The first-order valence-corrected chi connectivity index (χ1v) is 6.45. The molecule has 2 aromatic rings. The van der Waals surface area contributed by atoms with Gasteiger partial charge in [-0.05, 0) is 31.5 Å². The van der Waals surface area contributed by atoms with Gasteiger partial charge < -0.3 is 5.32 Å². The minimum absolute atomic E-state index is 0.0198. The number of nitrogens with zero attached hydrogens (tertiary/aromatic N) is 2. The molecule has 0 bridgehead atoms. The summed E-state index contributed by atoms with van der Waals surface area (Å²) in [7, 11) is 0. The summed E-state index contributed by atoms with van der Waals surface area (Å²) in [5.74, 6) is -0.599. The Labute approximate surface area is 125 Å². The average Bonchev–Trinajstić information content (AvgIpc) is 2.41. The molecule has 0 saturated heterocycles. The van der Waals surface area contributed by atoms with E-state index in [2.05, 4.69) is 10.3 Å². The summed E-state index contributed by atoms with van der Waals surface area (Å²) >= 11 is 5.71. The van der Waals surface area contributed by atoms with Crippen molar-refractivity contribution < 1.29 is 9.72 Å². The van der Waals surface area contributed by atoms with Crippen molar-refractivity contribution >= 4 is 28.9 Å². The summed E-state index contributed by atoms with van der Waals surface area (Å²) in [6.07, 6.45) is 0.971. The van der Waals surface area contributed by atoms with Crippen molar-refractivity contribution in [2.75, 3.05) is 5.32 Å². The summed E-state index contributed by atoms with van der Waals surface area (Å²) in [4.78, 5) is 26.1. The first-order valence-electron chi connectivity index (χ1n) is 6.07. The monoisotopic (exact) mass is 305 g/mol. The second-order valence-corrected chi connectivity index (χ2v) is 4.94. The number of carbonyl (C=O) groups excluding carboxylic acids is 1. The number of carbonyl (C=O) groups is 1. The topological polar surface area (TPSA) is 85.1 Å². The molecule has 21 heavy (non-hydrogen) atoms. The molecular weight excluding hydrogens is 294 g/mol. The molecule has 0 radical (unpaired) electrons. The molecule has 1 aromatic heterocycles. The highest BCUT2D eigenvalue weighted by atomic mass is 35.5. The van der Waals surface area contributed by atoms with Crippen LogP contribution in [0.15, 0.2) is 30.5 Å². The van der Waals surface area contributed by atoms with Gasteiger partial charge in [0.05, 0.1) is 4.92 Å². The number of halogens is 1. The van der Waals surface area contributed by atoms with Crippen molar-refractivity contribution in [3.63, 3.8) is 0 Å². The summed E-state index contributed by atoms with van der Waals surface area (Å²) < 4.78 is 0. The van der Waals surface area contributed by atoms with E-state index in [1.807, 2.05) is 26.0 Å². The fourth-order valence-corrected chi connectivity index (χ4v) is 2.05. The normalized spacial score (nSPS) is 10.2. The number of aryl methyl sites for hydroxylation is 2. The van der Waals surface area contributed by atoms with E-state index in [1.54, 1.807) is 6.07 Å². The van der Waals surface area contributed by atoms with Crippen molar-refractivity contribution in [2.24, 2.45) is 0 Å². The molecular formula is C14H12ClN3O3. The molecule has 0 saturated carbocycles. The molecule has 2 rings (SSSR count). The van der Waals surface area contributed by atoms with Crippen LogP contribution in [0.4, 0.5) is 11.4 Å². The average molecular weight is 306 g/mol. The Morgan fingerprint density at radius 3 is 2.67 bits per heavy atom. The molecule has 7 heteroatoms. The van der Waals surface area contributed by atoms with Gasteiger partial charge in [-0.3, -0.25) is 14.9 Å². The van der Waals surface area contributed by atoms with E-state index in [-0.39, 0.29) is 16.4 Å². The predicted octanol–water partition coefficient (Wildman–Crippen LogP) is 3.51. The van der Waals surface area contributed by atoms with Crippen molar-refractivity contribution in [1.29, 1.82) is 0 Å². The maximum Gasteiger partial charge on any atom is 0.300 e. The number of hydrogen-bond acceptors (Lipinski definition) is 4. The molecule has 0 aliphatic carbocycles. The van der Waals surface area contributed by atoms with Crippen LogP contribution < -0.4 is 5.32 Å². The summed E-state index contributed by atoms with van der Waals surface area (Å²) in [5.41, 5.74) is 2.00. The Morgan fingerprint density at radius 1 is 1.33 bits per heavy atom. The molecule has 1 N–H and O–H groups in total. The molecule has 1 aromatic carbocycles. The van der Waals surface area contributed by atoms with Crippen LogP contribution in [0.5, 0.6) is 0 Å². The van der Waals surface area contributed by atoms with Crippen molar-refractivity contribution in [3.8, 4) is 0 Å². The first kappa shape index (κ1) is 14.9. The van der Waals surface area contributed by atoms with Crippen LogP contribution in [0.25, 0.3) is 0 Å². The van der Waals surface area contributed by atoms with Crippen LogP contribution >= 0.6 is 11.6 Å². The van der Waals surface area contributed by atoms with Crippen molar-refractivity contribution in [1.82, 2.24) is 4.98 Å². The number of anilines is 1. The van der Waals surface area contributed by atoms with Gasteiger partial charge in [0.15, 0.2) is 0 Å². The zero-order valence-corrected chi connectivity index (χ0v) is 12.1. The highest BCUT2D eigenvalue weighted by Crippen LogP contribution is 2.23. The fourth-order valence-electron chi connectivity index (χ4n) is 1.89. The largest absolute Gasteiger partial charge is 0.322 e. The Morgan fingerprint density at radius 2 is 2.05 bits per heavy atom. The third-order valence-corrected chi connectivity index (χ3v) is 3.13. The molecule has 1 amide bonds. The molecule has 0 unspecified atom stereocenters. The van der Waals surface area contributed by atoms with Crippen LogP contribution in [-0.4, -0.2) is 15.8 Å². The molecule has 0 spiro atoms. The van der Waals surface area contributed by atoms with Gasteiger partial charge in [-0.15, -0.1) is 0 Å². The van der Waals surface area contributed by atoms with Crippen LogP contribution in [-0.2, 0) is 0 Å². The number of hydrogen-bond donors (Lipinski definition) is 1. The SMILES string of the molecule is Cc1ccc(NC(=O)c2cc(Cl)ncc2[N+](=O)[O-])c(C)c1. The Balaban J connectivity index is 2.36. The summed E-state index contributed by atoms with van der Waals surface area (Å²) in [5, 5.41) is 13.6. The van der Waals surface area contributed by atoms with E-state index in [0.29, 0.717) is 5.69 Å². The van der Waals surface area contributed by atoms with Crippen LogP contribution in [0.3, 0.4) is 0 Å². The first-order chi connectivity index (χ1) is 9.88. The molecule has 0 fully saturated rings. The maximum absolute atomic E-state index is 12.2. The van der Waals surface area contributed by atoms with Gasteiger partial charge >= 0.3 is 0 Å². The zero-order valence-electron chi connectivity index (χ0n) is 11.4. The van der Waals surface area contributed by atoms with Gasteiger partial charge in [0, 0.05) is 5.69 Å². The fraction of sp³-hybridized carbons (Fsp3) is 0.143. The smallest absolute Gasteiger partial charge is 0.300 e. The molecule has 0 aliphatic heterocycles. The zero-order chi connectivity index (χ0) is 15.6. The van der Waals surface area contributed by atoms with Crippen LogP contribution in [0, 0.1) is 24.0 Å². The molecule has 1 heterocycles. The van der Waals surface area contributed by atoms with Crippen LogP contribution in [0.1, 0.15) is 21.5 Å². The number of nitro groups is 1. The van der Waals surface area contributed by atoms with E-state index >= 15 is 0 Å².